The number of rotatable bonds is 2. The number of ether oxygens (including phenoxy) is 1. The minimum atomic E-state index is -0.548. The number of hydrogen-bond acceptors (Lipinski definition) is 3. The molecule has 0 fully saturated rings. The zero-order chi connectivity index (χ0) is 14.9. The fourth-order valence-corrected chi connectivity index (χ4v) is 2.43. The average Bonchev–Trinajstić information content (AvgIpc) is 2.38. The maximum Gasteiger partial charge on any atom is 0.237 e. The minimum Gasteiger partial charge on any atom is -0.492 e. The average molecular weight is 297 g/mol. The molecule has 3 N–H and O–H groups in total. The Kier molecular flexibility index (Phi) is 4.25. The SMILES string of the molecule is CC(C)(C)[C@H](N)C(=O)NC1CCOc2c(Cl)cccc21. The van der Waals surface area contributed by atoms with E-state index in [0.29, 0.717) is 17.4 Å². The number of halogens is 1. The van der Waals surface area contributed by atoms with Gasteiger partial charge in [0.2, 0.25) is 5.91 Å². The first kappa shape index (κ1) is 15.1. The Labute approximate surface area is 124 Å². The second-order valence-electron chi connectivity index (χ2n) is 6.20. The first-order valence-electron chi connectivity index (χ1n) is 6.78. The fourth-order valence-electron chi connectivity index (χ4n) is 2.19. The van der Waals surface area contributed by atoms with E-state index in [0.717, 1.165) is 12.0 Å². The van der Waals surface area contributed by atoms with E-state index < -0.39 is 6.04 Å². The van der Waals surface area contributed by atoms with Crippen molar-refractivity contribution < 1.29 is 9.53 Å². The van der Waals surface area contributed by atoms with Gasteiger partial charge in [0.15, 0.2) is 0 Å². The first-order chi connectivity index (χ1) is 9.30. The topological polar surface area (TPSA) is 64.4 Å². The highest BCUT2D eigenvalue weighted by Gasteiger charge is 2.31. The Balaban J connectivity index is 2.17. The summed E-state index contributed by atoms with van der Waals surface area (Å²) in [6.45, 7) is 6.39. The Morgan fingerprint density at radius 2 is 2.20 bits per heavy atom. The molecule has 2 atom stereocenters. The van der Waals surface area contributed by atoms with Crippen molar-refractivity contribution in [2.45, 2.75) is 39.3 Å². The maximum absolute atomic E-state index is 12.2. The van der Waals surface area contributed by atoms with Crippen molar-refractivity contribution in [2.24, 2.45) is 11.1 Å². The van der Waals surface area contributed by atoms with Gasteiger partial charge in [-0.05, 0) is 11.5 Å². The van der Waals surface area contributed by atoms with Crippen LogP contribution in [0.5, 0.6) is 5.75 Å². The van der Waals surface area contributed by atoms with Gasteiger partial charge in [-0.25, -0.2) is 0 Å². The molecule has 1 heterocycles. The van der Waals surface area contributed by atoms with E-state index in [1.165, 1.54) is 0 Å². The predicted octanol–water partition coefficient (Wildman–Crippen LogP) is 2.65. The third-order valence-corrected chi connectivity index (χ3v) is 3.86. The summed E-state index contributed by atoms with van der Waals surface area (Å²) in [5, 5.41) is 3.58. The highest BCUT2D eigenvalue weighted by atomic mass is 35.5. The predicted molar refractivity (Wildman–Crippen MR) is 79.9 cm³/mol. The summed E-state index contributed by atoms with van der Waals surface area (Å²) in [5.41, 5.74) is 6.64. The summed E-state index contributed by atoms with van der Waals surface area (Å²) < 4.78 is 5.58. The molecule has 0 aliphatic carbocycles. The summed E-state index contributed by atoms with van der Waals surface area (Å²) >= 11 is 6.12. The number of hydrogen-bond donors (Lipinski definition) is 2. The molecule has 5 heteroatoms. The Morgan fingerprint density at radius 1 is 1.50 bits per heavy atom. The van der Waals surface area contributed by atoms with Crippen LogP contribution >= 0.6 is 11.6 Å². The second kappa shape index (κ2) is 5.62. The Bertz CT molecular complexity index is 511. The molecule has 0 radical (unpaired) electrons. The van der Waals surface area contributed by atoms with E-state index in [2.05, 4.69) is 5.32 Å². The first-order valence-corrected chi connectivity index (χ1v) is 7.15. The van der Waals surface area contributed by atoms with Crippen molar-refractivity contribution in [3.05, 3.63) is 28.8 Å². The summed E-state index contributed by atoms with van der Waals surface area (Å²) in [5.74, 6) is 0.519. The number of carbonyl (C=O) groups excluding carboxylic acids is 1. The second-order valence-corrected chi connectivity index (χ2v) is 6.61. The lowest BCUT2D eigenvalue weighted by molar-refractivity contribution is -0.125. The third kappa shape index (κ3) is 3.07. The van der Waals surface area contributed by atoms with Gasteiger partial charge in [-0.1, -0.05) is 44.5 Å². The summed E-state index contributed by atoms with van der Waals surface area (Å²) in [7, 11) is 0. The molecule has 1 aromatic carbocycles. The number of fused-ring (bicyclic) bond motifs is 1. The molecule has 1 aliphatic rings. The zero-order valence-corrected chi connectivity index (χ0v) is 12.8. The number of para-hydroxylation sites is 1. The smallest absolute Gasteiger partial charge is 0.237 e. The van der Waals surface area contributed by atoms with Crippen LogP contribution in [-0.2, 0) is 4.79 Å². The van der Waals surface area contributed by atoms with Gasteiger partial charge in [0.25, 0.3) is 0 Å². The van der Waals surface area contributed by atoms with Crippen LogP contribution in [0.15, 0.2) is 18.2 Å². The molecule has 20 heavy (non-hydrogen) atoms. The molecule has 1 aromatic rings. The molecule has 0 bridgehead atoms. The molecular formula is C15H21ClN2O2. The number of nitrogens with two attached hydrogens (primary N) is 1. The van der Waals surface area contributed by atoms with Crippen LogP contribution in [0.4, 0.5) is 0 Å². The highest BCUT2D eigenvalue weighted by molar-refractivity contribution is 6.32. The molecule has 110 valence electrons. The summed E-state index contributed by atoms with van der Waals surface area (Å²) in [6.07, 6.45) is 0.718. The van der Waals surface area contributed by atoms with Crippen molar-refractivity contribution in [3.63, 3.8) is 0 Å². The van der Waals surface area contributed by atoms with Crippen LogP contribution in [0.25, 0.3) is 0 Å². The van der Waals surface area contributed by atoms with Crippen LogP contribution in [0.3, 0.4) is 0 Å². The van der Waals surface area contributed by atoms with E-state index in [1.54, 1.807) is 6.07 Å². The highest BCUT2D eigenvalue weighted by Crippen LogP contribution is 2.37. The Morgan fingerprint density at radius 3 is 2.85 bits per heavy atom. The van der Waals surface area contributed by atoms with Gasteiger partial charge in [0, 0.05) is 12.0 Å². The lowest BCUT2D eigenvalue weighted by Gasteiger charge is -2.31. The third-order valence-electron chi connectivity index (χ3n) is 3.56. The van der Waals surface area contributed by atoms with Crippen molar-refractivity contribution >= 4 is 17.5 Å². The van der Waals surface area contributed by atoms with Gasteiger partial charge in [0.1, 0.15) is 5.75 Å². The van der Waals surface area contributed by atoms with Crippen LogP contribution < -0.4 is 15.8 Å². The van der Waals surface area contributed by atoms with Gasteiger partial charge >= 0.3 is 0 Å². The lowest BCUT2D eigenvalue weighted by atomic mass is 9.86. The van der Waals surface area contributed by atoms with Crippen LogP contribution in [0.1, 0.15) is 38.8 Å². The van der Waals surface area contributed by atoms with Crippen molar-refractivity contribution in [1.82, 2.24) is 5.32 Å². The lowest BCUT2D eigenvalue weighted by Crippen LogP contribution is -2.49. The number of carbonyl (C=O) groups is 1. The number of amides is 1. The summed E-state index contributed by atoms with van der Waals surface area (Å²) in [4.78, 5) is 12.2. The van der Waals surface area contributed by atoms with E-state index in [1.807, 2.05) is 32.9 Å². The monoisotopic (exact) mass is 296 g/mol. The zero-order valence-electron chi connectivity index (χ0n) is 12.1. The molecule has 0 spiro atoms. The van der Waals surface area contributed by atoms with Gasteiger partial charge < -0.3 is 15.8 Å². The van der Waals surface area contributed by atoms with Gasteiger partial charge in [-0.2, -0.15) is 0 Å². The van der Waals surface area contributed by atoms with Gasteiger partial charge in [-0.15, -0.1) is 0 Å². The standard InChI is InChI=1S/C15H21ClN2O2/c1-15(2,3)13(17)14(19)18-11-7-8-20-12-9(11)5-4-6-10(12)16/h4-6,11,13H,7-8,17H2,1-3H3,(H,18,19)/t11?,13-/m1/s1. The fraction of sp³-hybridized carbons (Fsp3) is 0.533. The molecule has 4 nitrogen and oxygen atoms in total. The molecule has 0 saturated carbocycles. The molecule has 1 unspecified atom stereocenters. The Hall–Kier alpha value is -1.26. The molecule has 2 rings (SSSR count). The molecule has 1 aliphatic heterocycles. The number of nitrogens with one attached hydrogen (secondary N) is 1. The maximum atomic E-state index is 12.2. The van der Waals surface area contributed by atoms with E-state index in [9.17, 15) is 4.79 Å². The van der Waals surface area contributed by atoms with Crippen molar-refractivity contribution in [1.29, 1.82) is 0 Å². The number of benzene rings is 1. The van der Waals surface area contributed by atoms with Crippen molar-refractivity contribution in [2.75, 3.05) is 6.61 Å². The van der Waals surface area contributed by atoms with E-state index in [4.69, 9.17) is 22.1 Å². The molecule has 1 amide bonds. The van der Waals surface area contributed by atoms with E-state index >= 15 is 0 Å². The van der Waals surface area contributed by atoms with E-state index in [-0.39, 0.29) is 17.4 Å². The van der Waals surface area contributed by atoms with Crippen LogP contribution in [0, 0.1) is 5.41 Å². The van der Waals surface area contributed by atoms with Crippen LogP contribution in [0.2, 0.25) is 5.02 Å². The van der Waals surface area contributed by atoms with Gasteiger partial charge in [-0.3, -0.25) is 4.79 Å². The van der Waals surface area contributed by atoms with Crippen molar-refractivity contribution in [3.8, 4) is 5.75 Å². The summed E-state index contributed by atoms with van der Waals surface area (Å²) in [6, 6.07) is 4.92. The normalized spacial score (nSPS) is 19.8. The molecule has 0 aromatic heterocycles. The minimum absolute atomic E-state index is 0.0988. The quantitative estimate of drug-likeness (QED) is 0.882. The largest absolute Gasteiger partial charge is 0.492 e. The molecule has 0 saturated heterocycles. The van der Waals surface area contributed by atoms with Gasteiger partial charge in [0.05, 0.1) is 23.7 Å². The molecular weight excluding hydrogens is 276 g/mol. The van der Waals surface area contributed by atoms with Crippen LogP contribution in [-0.4, -0.2) is 18.6 Å².